The number of rotatable bonds is 8. The molecular weight excluding hydrogens is 720 g/mol. The summed E-state index contributed by atoms with van der Waals surface area (Å²) in [5, 5.41) is 16.6. The third-order valence-electron chi connectivity index (χ3n) is 9.32. The van der Waals surface area contributed by atoms with Gasteiger partial charge in [0.25, 0.3) is 5.91 Å². The van der Waals surface area contributed by atoms with Crippen molar-refractivity contribution in [3.63, 3.8) is 0 Å². The van der Waals surface area contributed by atoms with Gasteiger partial charge >= 0.3 is 6.09 Å². The highest BCUT2D eigenvalue weighted by atomic mass is 35.5. The number of nitrogens with zero attached hydrogens (tertiary/aromatic N) is 6. The quantitative estimate of drug-likeness (QED) is 0.155. The van der Waals surface area contributed by atoms with E-state index in [1.165, 1.54) is 0 Å². The highest BCUT2D eigenvalue weighted by molar-refractivity contribution is 6.36. The van der Waals surface area contributed by atoms with Crippen molar-refractivity contribution in [2.75, 3.05) is 24.3 Å². The second-order valence-electron chi connectivity index (χ2n) is 14.2. The number of halogens is 1. The van der Waals surface area contributed by atoms with Crippen LogP contribution in [0.25, 0.3) is 33.7 Å². The van der Waals surface area contributed by atoms with Gasteiger partial charge in [0, 0.05) is 61.3 Å². The van der Waals surface area contributed by atoms with Gasteiger partial charge in [0.1, 0.15) is 17.2 Å². The molecule has 4 heterocycles. The molecule has 0 bridgehead atoms. The predicted octanol–water partition coefficient (Wildman–Crippen LogP) is 8.29. The molecule has 2 N–H and O–H groups in total. The van der Waals surface area contributed by atoms with Gasteiger partial charge in [0.05, 0.1) is 35.6 Å². The average molecular weight is 759 g/mol. The van der Waals surface area contributed by atoms with Crippen LogP contribution in [0.5, 0.6) is 5.88 Å². The fraction of sp³-hybridized carbons (Fsp3) is 0.268. The summed E-state index contributed by atoms with van der Waals surface area (Å²) in [5.41, 5.74) is 7.41. The number of amides is 2. The molecule has 0 radical (unpaired) electrons. The molecular formula is C41H39ClN8O5. The van der Waals surface area contributed by atoms with Crippen molar-refractivity contribution in [2.24, 2.45) is 7.05 Å². The second-order valence-corrected chi connectivity index (χ2v) is 14.6. The molecule has 0 saturated carbocycles. The largest absolute Gasteiger partial charge is 0.481 e. The molecule has 3 aromatic carbocycles. The number of methoxy groups -OCH3 is 1. The number of imidazole rings is 1. The van der Waals surface area contributed by atoms with Crippen molar-refractivity contribution >= 4 is 46.1 Å². The van der Waals surface area contributed by atoms with E-state index in [1.54, 1.807) is 48.0 Å². The van der Waals surface area contributed by atoms with Crippen molar-refractivity contribution in [1.82, 2.24) is 24.4 Å². The van der Waals surface area contributed by atoms with E-state index >= 15 is 0 Å². The van der Waals surface area contributed by atoms with E-state index in [1.807, 2.05) is 70.2 Å². The van der Waals surface area contributed by atoms with Crippen molar-refractivity contribution in [2.45, 2.75) is 52.8 Å². The van der Waals surface area contributed by atoms with Crippen molar-refractivity contribution in [3.8, 4) is 34.5 Å². The van der Waals surface area contributed by atoms with Gasteiger partial charge in [0.15, 0.2) is 11.4 Å². The number of fused-ring (bicyclic) bond motifs is 2. The molecule has 0 atom stereocenters. The molecule has 0 aliphatic carbocycles. The van der Waals surface area contributed by atoms with E-state index in [4.69, 9.17) is 30.5 Å². The molecule has 280 valence electrons. The Morgan fingerprint density at radius 2 is 1.82 bits per heavy atom. The van der Waals surface area contributed by atoms with E-state index in [0.29, 0.717) is 69.9 Å². The van der Waals surface area contributed by atoms with Crippen LogP contribution in [0.3, 0.4) is 0 Å². The Kier molecular flexibility index (Phi) is 9.94. The van der Waals surface area contributed by atoms with E-state index < -0.39 is 17.6 Å². The number of anilines is 2. The molecule has 13 nitrogen and oxygen atoms in total. The molecule has 0 spiro atoms. The summed E-state index contributed by atoms with van der Waals surface area (Å²) >= 11 is 7.01. The fourth-order valence-electron chi connectivity index (χ4n) is 6.61. The van der Waals surface area contributed by atoms with Gasteiger partial charge in [-0.1, -0.05) is 35.9 Å². The Labute approximate surface area is 322 Å². The smallest absolute Gasteiger partial charge is 0.410 e. The van der Waals surface area contributed by atoms with E-state index in [9.17, 15) is 14.9 Å². The van der Waals surface area contributed by atoms with Crippen LogP contribution in [-0.4, -0.2) is 55.7 Å². The number of hydrogen-bond donors (Lipinski definition) is 2. The van der Waals surface area contributed by atoms with Crippen LogP contribution in [0, 0.1) is 18.3 Å². The fourth-order valence-corrected chi connectivity index (χ4v) is 6.89. The number of carbonyl (C=O) groups is 2. The molecule has 2 amide bonds. The standard InChI is InChI=1S/C41H39ClN8O5/c1-23-27(9-7-10-28(23)39-48-31-18-24(17-25(20-43)36(31)54-39)21-45-26-13-15-44-34(19-26)53-6)29-11-8-12-30(35(29)42)47-38(51)37-46-32-22-50(16-14-33(32)49(37)5)40(52)55-41(2,3)4/h7-13,15,17-19H,14,16,21-22H2,1-6H3,(H,44,45)(H,47,51). The van der Waals surface area contributed by atoms with Crippen LogP contribution >= 0.6 is 11.6 Å². The maximum absolute atomic E-state index is 13.6. The molecule has 3 aromatic heterocycles. The van der Waals surface area contributed by atoms with Gasteiger partial charge in [-0.05, 0) is 74.7 Å². The van der Waals surface area contributed by atoms with E-state index in [-0.39, 0.29) is 12.4 Å². The van der Waals surface area contributed by atoms with Gasteiger partial charge in [-0.25, -0.2) is 19.7 Å². The minimum absolute atomic E-state index is 0.208. The first kappa shape index (κ1) is 36.9. The number of benzene rings is 3. The lowest BCUT2D eigenvalue weighted by Gasteiger charge is -2.29. The first-order chi connectivity index (χ1) is 26.3. The SMILES string of the molecule is COc1cc(NCc2cc(C#N)c3oc(-c4cccc(-c5cccc(NC(=O)c6nc7c(n6C)CCN(C(=O)OC(C)(C)C)C7)c5Cl)c4C)nc3c2)ccn1. The van der Waals surface area contributed by atoms with Crippen molar-refractivity contribution < 1.29 is 23.5 Å². The summed E-state index contributed by atoms with van der Waals surface area (Å²) in [6.45, 7) is 8.56. The van der Waals surface area contributed by atoms with Gasteiger partial charge in [-0.2, -0.15) is 5.26 Å². The van der Waals surface area contributed by atoms with Crippen LogP contribution < -0.4 is 15.4 Å². The Bertz CT molecular complexity index is 2510. The van der Waals surface area contributed by atoms with Gasteiger partial charge < -0.3 is 34.0 Å². The summed E-state index contributed by atoms with van der Waals surface area (Å²) in [5.74, 6) is 0.632. The van der Waals surface area contributed by atoms with Crippen LogP contribution in [-0.2, 0) is 31.3 Å². The van der Waals surface area contributed by atoms with Crippen LogP contribution in [0.4, 0.5) is 16.2 Å². The first-order valence-electron chi connectivity index (χ1n) is 17.6. The summed E-state index contributed by atoms with van der Waals surface area (Å²) in [4.78, 5) is 41.5. The molecule has 1 aliphatic heterocycles. The molecule has 1 aliphatic rings. The molecule has 7 rings (SSSR count). The summed E-state index contributed by atoms with van der Waals surface area (Å²) in [7, 11) is 3.35. The lowest BCUT2D eigenvalue weighted by Crippen LogP contribution is -2.40. The Balaban J connectivity index is 1.12. The maximum atomic E-state index is 13.6. The number of nitriles is 1. The number of oxazole rings is 1. The predicted molar refractivity (Wildman–Crippen MR) is 209 cm³/mol. The number of ether oxygens (including phenoxy) is 2. The molecule has 0 unspecified atom stereocenters. The van der Waals surface area contributed by atoms with Gasteiger partial charge in [-0.3, -0.25) is 4.79 Å². The van der Waals surface area contributed by atoms with E-state index in [0.717, 1.165) is 33.6 Å². The Hall–Kier alpha value is -6.39. The van der Waals surface area contributed by atoms with Crippen LogP contribution in [0.1, 0.15) is 59.5 Å². The van der Waals surface area contributed by atoms with Crippen LogP contribution in [0.15, 0.2) is 71.3 Å². The zero-order valence-electron chi connectivity index (χ0n) is 31.3. The van der Waals surface area contributed by atoms with E-state index in [2.05, 4.69) is 26.7 Å². The number of nitrogens with one attached hydrogen (secondary N) is 2. The monoisotopic (exact) mass is 758 g/mol. The Morgan fingerprint density at radius 1 is 1.05 bits per heavy atom. The lowest BCUT2D eigenvalue weighted by molar-refractivity contribution is 0.0220. The molecule has 0 fully saturated rings. The third-order valence-corrected chi connectivity index (χ3v) is 9.73. The van der Waals surface area contributed by atoms with Crippen molar-refractivity contribution in [1.29, 1.82) is 5.26 Å². The molecule has 0 saturated heterocycles. The lowest BCUT2D eigenvalue weighted by atomic mass is 9.96. The molecule has 14 heteroatoms. The van der Waals surface area contributed by atoms with Crippen LogP contribution in [0.2, 0.25) is 5.02 Å². The zero-order chi connectivity index (χ0) is 39.0. The average Bonchev–Trinajstić information content (AvgIpc) is 3.74. The highest BCUT2D eigenvalue weighted by Gasteiger charge is 2.30. The van der Waals surface area contributed by atoms with Gasteiger partial charge in [0.2, 0.25) is 11.8 Å². The van der Waals surface area contributed by atoms with Gasteiger partial charge in [-0.15, -0.1) is 0 Å². The zero-order valence-corrected chi connectivity index (χ0v) is 32.0. The Morgan fingerprint density at radius 3 is 2.58 bits per heavy atom. The number of aromatic nitrogens is 4. The molecule has 55 heavy (non-hydrogen) atoms. The third kappa shape index (κ3) is 7.54. The highest BCUT2D eigenvalue weighted by Crippen LogP contribution is 2.39. The second kappa shape index (κ2) is 14.8. The first-order valence-corrected chi connectivity index (χ1v) is 18.0. The van der Waals surface area contributed by atoms with Crippen molar-refractivity contribution in [3.05, 3.63) is 106 Å². The minimum Gasteiger partial charge on any atom is -0.481 e. The number of carbonyl (C=O) groups excluding carboxylic acids is 2. The minimum atomic E-state index is -0.618. The topological polar surface area (TPSA) is 160 Å². The summed E-state index contributed by atoms with van der Waals surface area (Å²) < 4.78 is 18.8. The summed E-state index contributed by atoms with van der Waals surface area (Å²) in [6.07, 6.45) is 1.78. The maximum Gasteiger partial charge on any atom is 0.410 e. The summed E-state index contributed by atoms with van der Waals surface area (Å²) in [6, 6.07) is 20.7. The number of hydrogen-bond acceptors (Lipinski definition) is 10. The number of pyridine rings is 1. The molecule has 6 aromatic rings. The normalized spacial score (nSPS) is 12.6.